The average molecular weight is 264 g/mol. The third-order valence-corrected chi connectivity index (χ3v) is 3.39. The van der Waals surface area contributed by atoms with Gasteiger partial charge in [-0.2, -0.15) is 0 Å². The lowest BCUT2D eigenvalue weighted by Crippen LogP contribution is -2.34. The Bertz CT molecular complexity index is 499. The van der Waals surface area contributed by atoms with E-state index in [1.807, 2.05) is 11.8 Å². The van der Waals surface area contributed by atoms with E-state index in [9.17, 15) is 14.9 Å². The molecule has 0 heterocycles. The average Bonchev–Trinajstić information content (AvgIpc) is 3.19. The Morgan fingerprint density at radius 3 is 2.79 bits per heavy atom. The fourth-order valence-electron chi connectivity index (χ4n) is 2.23. The van der Waals surface area contributed by atoms with Crippen LogP contribution in [0.5, 0.6) is 0 Å². The minimum atomic E-state index is -0.871. The van der Waals surface area contributed by atoms with Gasteiger partial charge in [0.1, 0.15) is 0 Å². The molecule has 0 amide bonds. The van der Waals surface area contributed by atoms with Crippen molar-refractivity contribution in [3.63, 3.8) is 0 Å². The number of hydrogen-bond acceptors (Lipinski definition) is 4. The summed E-state index contributed by atoms with van der Waals surface area (Å²) in [4.78, 5) is 23.1. The molecule has 0 radical (unpaired) electrons. The summed E-state index contributed by atoms with van der Waals surface area (Å²) in [6.07, 6.45) is 1.99. The van der Waals surface area contributed by atoms with Gasteiger partial charge < -0.3 is 5.11 Å². The Balaban J connectivity index is 2.20. The van der Waals surface area contributed by atoms with E-state index in [4.69, 9.17) is 5.11 Å². The Hall–Kier alpha value is -1.95. The number of benzene rings is 1. The van der Waals surface area contributed by atoms with Crippen molar-refractivity contribution in [3.05, 3.63) is 39.9 Å². The van der Waals surface area contributed by atoms with Crippen molar-refractivity contribution < 1.29 is 14.8 Å². The molecule has 2 rings (SSSR count). The highest BCUT2D eigenvalue weighted by molar-refractivity contribution is 5.69. The van der Waals surface area contributed by atoms with Gasteiger partial charge in [-0.05, 0) is 25.3 Å². The molecule has 6 nitrogen and oxygen atoms in total. The summed E-state index contributed by atoms with van der Waals surface area (Å²) in [5.74, 6) is -0.871. The zero-order valence-electron chi connectivity index (χ0n) is 10.7. The molecule has 1 saturated carbocycles. The maximum Gasteiger partial charge on any atom is 0.317 e. The maximum absolute atomic E-state index is 10.9. The number of carboxylic acids is 1. The van der Waals surface area contributed by atoms with Crippen LogP contribution in [0, 0.1) is 10.1 Å². The fraction of sp³-hybridized carbons (Fsp3) is 0.462. The van der Waals surface area contributed by atoms with Gasteiger partial charge >= 0.3 is 5.97 Å². The van der Waals surface area contributed by atoms with E-state index in [0.717, 1.165) is 18.4 Å². The lowest BCUT2D eigenvalue weighted by atomic mass is 10.1. The second-order valence-electron chi connectivity index (χ2n) is 4.83. The van der Waals surface area contributed by atoms with Crippen LogP contribution in [0.2, 0.25) is 0 Å². The van der Waals surface area contributed by atoms with Crippen molar-refractivity contribution in [1.29, 1.82) is 0 Å². The van der Waals surface area contributed by atoms with Crippen molar-refractivity contribution >= 4 is 11.7 Å². The summed E-state index contributed by atoms with van der Waals surface area (Å²) in [7, 11) is 0. The van der Waals surface area contributed by atoms with Gasteiger partial charge in [0.05, 0.1) is 11.5 Å². The van der Waals surface area contributed by atoms with E-state index in [-0.39, 0.29) is 24.3 Å². The number of rotatable bonds is 6. The lowest BCUT2D eigenvalue weighted by Gasteiger charge is -2.27. The minimum absolute atomic E-state index is 0.0332. The van der Waals surface area contributed by atoms with E-state index in [2.05, 4.69) is 0 Å². The molecule has 0 spiro atoms. The largest absolute Gasteiger partial charge is 0.480 e. The third-order valence-electron chi connectivity index (χ3n) is 3.39. The minimum Gasteiger partial charge on any atom is -0.480 e. The molecule has 1 aromatic carbocycles. The second-order valence-corrected chi connectivity index (χ2v) is 4.83. The van der Waals surface area contributed by atoms with Crippen LogP contribution in [0.25, 0.3) is 0 Å². The highest BCUT2D eigenvalue weighted by atomic mass is 16.6. The van der Waals surface area contributed by atoms with Gasteiger partial charge in [0.2, 0.25) is 0 Å². The first kappa shape index (κ1) is 13.5. The summed E-state index contributed by atoms with van der Waals surface area (Å²) < 4.78 is 0. The molecule has 19 heavy (non-hydrogen) atoms. The standard InChI is InChI=1S/C13H16N2O4/c1-9(14(8-13(16)17)11-5-6-11)10-3-2-4-12(7-10)15(18)19/h2-4,7,9,11H,5-6,8H2,1H3,(H,16,17). The lowest BCUT2D eigenvalue weighted by molar-refractivity contribution is -0.384. The number of hydrogen-bond donors (Lipinski definition) is 1. The molecule has 1 atom stereocenters. The number of aliphatic carboxylic acids is 1. The van der Waals surface area contributed by atoms with Gasteiger partial charge in [-0.3, -0.25) is 19.8 Å². The molecule has 0 bridgehead atoms. The van der Waals surface area contributed by atoms with Crippen molar-refractivity contribution in [3.8, 4) is 0 Å². The summed E-state index contributed by atoms with van der Waals surface area (Å²) in [5.41, 5.74) is 0.817. The SMILES string of the molecule is CC(c1cccc([N+](=O)[O-])c1)N(CC(=O)O)C1CC1. The highest BCUT2D eigenvalue weighted by Crippen LogP contribution is 2.34. The fourth-order valence-corrected chi connectivity index (χ4v) is 2.23. The van der Waals surface area contributed by atoms with Gasteiger partial charge in [-0.1, -0.05) is 12.1 Å². The Labute approximate surface area is 110 Å². The van der Waals surface area contributed by atoms with Crippen molar-refractivity contribution in [2.24, 2.45) is 0 Å². The van der Waals surface area contributed by atoms with Crippen molar-refractivity contribution in [2.75, 3.05) is 6.54 Å². The number of nitro groups is 1. The molecule has 0 aliphatic heterocycles. The van der Waals surface area contributed by atoms with Crippen LogP contribution in [0.15, 0.2) is 24.3 Å². The van der Waals surface area contributed by atoms with Crippen LogP contribution >= 0.6 is 0 Å². The monoisotopic (exact) mass is 264 g/mol. The second kappa shape index (κ2) is 5.36. The zero-order chi connectivity index (χ0) is 14.0. The van der Waals surface area contributed by atoms with E-state index >= 15 is 0 Å². The Kier molecular flexibility index (Phi) is 3.80. The van der Waals surface area contributed by atoms with E-state index in [1.54, 1.807) is 12.1 Å². The van der Waals surface area contributed by atoms with Crippen LogP contribution < -0.4 is 0 Å². The van der Waals surface area contributed by atoms with Crippen LogP contribution in [-0.4, -0.2) is 33.5 Å². The number of non-ortho nitro benzene ring substituents is 1. The first-order valence-electron chi connectivity index (χ1n) is 6.21. The molecular weight excluding hydrogens is 248 g/mol. The quantitative estimate of drug-likeness (QED) is 0.629. The molecule has 1 aliphatic carbocycles. The summed E-state index contributed by atoms with van der Waals surface area (Å²) in [6.45, 7) is 1.86. The van der Waals surface area contributed by atoms with E-state index < -0.39 is 10.9 Å². The van der Waals surface area contributed by atoms with E-state index in [1.165, 1.54) is 12.1 Å². The van der Waals surface area contributed by atoms with Gasteiger partial charge in [-0.25, -0.2) is 0 Å². The molecule has 102 valence electrons. The molecule has 6 heteroatoms. The van der Waals surface area contributed by atoms with Crippen LogP contribution in [0.3, 0.4) is 0 Å². The Morgan fingerprint density at radius 2 is 2.26 bits per heavy atom. The zero-order valence-corrected chi connectivity index (χ0v) is 10.7. The molecular formula is C13H16N2O4. The number of nitrogens with zero attached hydrogens (tertiary/aromatic N) is 2. The molecule has 0 aromatic heterocycles. The molecule has 1 aromatic rings. The van der Waals surface area contributed by atoms with Gasteiger partial charge in [0.25, 0.3) is 5.69 Å². The molecule has 1 unspecified atom stereocenters. The summed E-state index contributed by atoms with van der Waals surface area (Å²) in [6, 6.07) is 6.54. The van der Waals surface area contributed by atoms with E-state index in [0.29, 0.717) is 0 Å². The van der Waals surface area contributed by atoms with Gasteiger partial charge in [0, 0.05) is 24.2 Å². The van der Waals surface area contributed by atoms with Gasteiger partial charge in [0.15, 0.2) is 0 Å². The predicted octanol–water partition coefficient (Wildman–Crippen LogP) is 2.20. The van der Waals surface area contributed by atoms with Crippen LogP contribution in [0.4, 0.5) is 5.69 Å². The summed E-state index contributed by atoms with van der Waals surface area (Å²) in [5, 5.41) is 19.7. The number of carbonyl (C=O) groups is 1. The normalized spacial score (nSPS) is 16.3. The third kappa shape index (κ3) is 3.29. The van der Waals surface area contributed by atoms with Crippen LogP contribution in [-0.2, 0) is 4.79 Å². The van der Waals surface area contributed by atoms with Crippen LogP contribution in [0.1, 0.15) is 31.4 Å². The number of nitro benzene ring substituents is 1. The molecule has 1 aliphatic rings. The maximum atomic E-state index is 10.9. The smallest absolute Gasteiger partial charge is 0.317 e. The first-order valence-corrected chi connectivity index (χ1v) is 6.21. The topological polar surface area (TPSA) is 83.7 Å². The van der Waals surface area contributed by atoms with Crippen molar-refractivity contribution in [2.45, 2.75) is 31.8 Å². The Morgan fingerprint density at radius 1 is 1.58 bits per heavy atom. The molecule has 1 fully saturated rings. The van der Waals surface area contributed by atoms with Crippen molar-refractivity contribution in [1.82, 2.24) is 4.90 Å². The number of carboxylic acid groups (broad SMARTS) is 1. The molecule has 0 saturated heterocycles. The highest BCUT2D eigenvalue weighted by Gasteiger charge is 2.34. The van der Waals surface area contributed by atoms with Gasteiger partial charge in [-0.15, -0.1) is 0 Å². The molecule has 1 N–H and O–H groups in total. The first-order chi connectivity index (χ1) is 8.99. The summed E-state index contributed by atoms with van der Waals surface area (Å²) >= 11 is 0. The predicted molar refractivity (Wildman–Crippen MR) is 68.9 cm³/mol.